The third-order valence-corrected chi connectivity index (χ3v) is 6.78. The molecule has 5 nitrogen and oxygen atoms in total. The van der Waals surface area contributed by atoms with Crippen molar-refractivity contribution in [3.63, 3.8) is 0 Å². The fourth-order valence-electron chi connectivity index (χ4n) is 4.67. The number of hydrogen-bond donors (Lipinski definition) is 0. The number of esters is 2. The van der Waals surface area contributed by atoms with Crippen LogP contribution in [0.15, 0.2) is 34.9 Å². The molecule has 0 bridgehead atoms. The number of epoxide rings is 1. The highest BCUT2D eigenvalue weighted by Gasteiger charge is 2.52. The lowest BCUT2D eigenvalue weighted by atomic mass is 9.72. The van der Waals surface area contributed by atoms with E-state index in [2.05, 4.69) is 39.0 Å². The van der Waals surface area contributed by atoms with Crippen LogP contribution in [0.2, 0.25) is 0 Å². The molecule has 0 saturated carbocycles. The molecular weight excluding hydrogens is 368 g/mol. The summed E-state index contributed by atoms with van der Waals surface area (Å²) in [6.07, 6.45) is 12.3. The molecule has 0 aromatic heterocycles. The highest BCUT2D eigenvalue weighted by atomic mass is 16.6. The Hall–Kier alpha value is -1.88. The average molecular weight is 403 g/mol. The number of carbonyl (C=O) groups excluding carboxylic acids is 2. The minimum absolute atomic E-state index is 0.0145. The van der Waals surface area contributed by atoms with Gasteiger partial charge in [-0.3, -0.25) is 9.59 Å². The van der Waals surface area contributed by atoms with Gasteiger partial charge in [-0.25, -0.2) is 0 Å². The van der Waals surface area contributed by atoms with Gasteiger partial charge in [0.25, 0.3) is 0 Å². The van der Waals surface area contributed by atoms with Crippen molar-refractivity contribution in [2.75, 3.05) is 13.2 Å². The van der Waals surface area contributed by atoms with E-state index in [0.717, 1.165) is 43.3 Å². The molecule has 0 N–H and O–H groups in total. The fraction of sp³-hybridized carbons (Fsp3) is 0.667. The first-order valence-corrected chi connectivity index (χ1v) is 10.6. The lowest BCUT2D eigenvalue weighted by Gasteiger charge is -2.32. The fourth-order valence-corrected chi connectivity index (χ4v) is 4.67. The van der Waals surface area contributed by atoms with Crippen LogP contribution >= 0.6 is 0 Å². The number of hydrogen-bond acceptors (Lipinski definition) is 5. The van der Waals surface area contributed by atoms with E-state index in [-0.39, 0.29) is 42.1 Å². The Labute approximate surface area is 174 Å². The standard InChI is InChI=1S/C24H34O5/c1-16-6-7-22-24(5,29-22)13-10-21-20(9-12-23(21,4)11-8-16)19(14-27-17(2)25)15-28-18(3)26/h8-9,12,21-22H,6-7,10-11,13-15H2,1-5H3/b16-8+/t21-,22+,23-,24+/m0/s1. The van der Waals surface area contributed by atoms with Crippen LogP contribution < -0.4 is 0 Å². The molecule has 0 radical (unpaired) electrons. The number of ether oxygens (including phenoxy) is 3. The Morgan fingerprint density at radius 3 is 2.41 bits per heavy atom. The first-order chi connectivity index (χ1) is 13.6. The van der Waals surface area contributed by atoms with Crippen molar-refractivity contribution in [1.82, 2.24) is 0 Å². The zero-order chi connectivity index (χ0) is 21.2. The van der Waals surface area contributed by atoms with Crippen LogP contribution in [0.25, 0.3) is 0 Å². The van der Waals surface area contributed by atoms with E-state index < -0.39 is 0 Å². The molecule has 1 fully saturated rings. The zero-order valence-electron chi connectivity index (χ0n) is 18.4. The molecule has 160 valence electrons. The first kappa shape index (κ1) is 21.8. The van der Waals surface area contributed by atoms with Crippen LogP contribution in [0.5, 0.6) is 0 Å². The van der Waals surface area contributed by atoms with Gasteiger partial charge >= 0.3 is 11.9 Å². The summed E-state index contributed by atoms with van der Waals surface area (Å²) in [5, 5.41) is 0. The number of carbonyl (C=O) groups is 2. The third kappa shape index (κ3) is 5.19. The molecule has 0 aromatic rings. The summed E-state index contributed by atoms with van der Waals surface area (Å²) >= 11 is 0. The molecule has 2 aliphatic carbocycles. The Morgan fingerprint density at radius 1 is 1.14 bits per heavy atom. The van der Waals surface area contributed by atoms with Crippen LogP contribution in [-0.4, -0.2) is 36.9 Å². The quantitative estimate of drug-likeness (QED) is 0.388. The first-order valence-electron chi connectivity index (χ1n) is 10.6. The van der Waals surface area contributed by atoms with Gasteiger partial charge in [0.05, 0.1) is 11.7 Å². The van der Waals surface area contributed by atoms with Crippen molar-refractivity contribution in [2.24, 2.45) is 11.3 Å². The number of fused-ring (bicyclic) bond motifs is 2. The van der Waals surface area contributed by atoms with Gasteiger partial charge in [0.1, 0.15) is 13.2 Å². The molecule has 0 aromatic carbocycles. The van der Waals surface area contributed by atoms with Crippen molar-refractivity contribution in [1.29, 1.82) is 0 Å². The Balaban J connectivity index is 1.92. The predicted octanol–water partition coefficient (Wildman–Crippen LogP) is 4.67. The Bertz CT molecular complexity index is 741. The van der Waals surface area contributed by atoms with Gasteiger partial charge in [0.2, 0.25) is 0 Å². The lowest BCUT2D eigenvalue weighted by Crippen LogP contribution is -2.26. The smallest absolute Gasteiger partial charge is 0.302 e. The van der Waals surface area contributed by atoms with E-state index in [9.17, 15) is 9.59 Å². The monoisotopic (exact) mass is 402 g/mol. The summed E-state index contributed by atoms with van der Waals surface area (Å²) in [6.45, 7) is 9.82. The number of allylic oxidation sites excluding steroid dienone is 5. The highest BCUT2D eigenvalue weighted by molar-refractivity contribution is 5.67. The maximum absolute atomic E-state index is 11.4. The summed E-state index contributed by atoms with van der Waals surface area (Å²) in [6, 6.07) is 0. The summed E-state index contributed by atoms with van der Waals surface area (Å²) < 4.78 is 16.6. The van der Waals surface area contributed by atoms with E-state index in [1.54, 1.807) is 0 Å². The molecule has 1 aliphatic heterocycles. The van der Waals surface area contributed by atoms with E-state index in [0.29, 0.717) is 6.10 Å². The Kier molecular flexibility index (Phi) is 6.37. The highest BCUT2D eigenvalue weighted by Crippen LogP contribution is 2.52. The molecule has 29 heavy (non-hydrogen) atoms. The van der Waals surface area contributed by atoms with Crippen molar-refractivity contribution in [3.8, 4) is 0 Å². The van der Waals surface area contributed by atoms with E-state index in [1.807, 2.05) is 0 Å². The van der Waals surface area contributed by atoms with Crippen LogP contribution in [0.1, 0.15) is 66.7 Å². The van der Waals surface area contributed by atoms with Crippen LogP contribution in [0.4, 0.5) is 0 Å². The second-order valence-corrected chi connectivity index (χ2v) is 9.26. The number of rotatable bonds is 4. The van der Waals surface area contributed by atoms with Gasteiger partial charge in [-0.2, -0.15) is 0 Å². The van der Waals surface area contributed by atoms with Gasteiger partial charge in [0.15, 0.2) is 0 Å². The average Bonchev–Trinajstić information content (AvgIpc) is 3.18. The largest absolute Gasteiger partial charge is 0.461 e. The molecule has 4 atom stereocenters. The van der Waals surface area contributed by atoms with Gasteiger partial charge < -0.3 is 14.2 Å². The van der Waals surface area contributed by atoms with Gasteiger partial charge in [-0.05, 0) is 62.9 Å². The molecule has 1 saturated heterocycles. The van der Waals surface area contributed by atoms with Crippen molar-refractivity contribution in [2.45, 2.75) is 78.4 Å². The summed E-state index contributed by atoms with van der Waals surface area (Å²) in [5.41, 5.74) is 3.37. The van der Waals surface area contributed by atoms with Crippen molar-refractivity contribution in [3.05, 3.63) is 34.9 Å². The van der Waals surface area contributed by atoms with E-state index in [4.69, 9.17) is 14.2 Å². The van der Waals surface area contributed by atoms with Crippen molar-refractivity contribution < 1.29 is 23.8 Å². The van der Waals surface area contributed by atoms with Crippen molar-refractivity contribution >= 4 is 11.9 Å². The maximum atomic E-state index is 11.4. The maximum Gasteiger partial charge on any atom is 0.302 e. The topological polar surface area (TPSA) is 65.1 Å². The van der Waals surface area contributed by atoms with Crippen LogP contribution in [0, 0.1) is 11.3 Å². The van der Waals surface area contributed by atoms with Crippen LogP contribution in [0.3, 0.4) is 0 Å². The van der Waals surface area contributed by atoms with Gasteiger partial charge in [-0.15, -0.1) is 0 Å². The van der Waals surface area contributed by atoms with Crippen LogP contribution in [-0.2, 0) is 23.8 Å². The molecule has 1 heterocycles. The van der Waals surface area contributed by atoms with E-state index in [1.165, 1.54) is 19.4 Å². The zero-order valence-corrected chi connectivity index (χ0v) is 18.4. The molecular formula is C24H34O5. The SMILES string of the molecule is CC(=O)OCC(COC(C)=O)=C1C=C[C@]2(C)C/C=C(\C)CC[C@H]3O[C@]3(C)CC[C@@H]12. The van der Waals surface area contributed by atoms with Gasteiger partial charge in [-0.1, -0.05) is 30.7 Å². The molecule has 0 spiro atoms. The van der Waals surface area contributed by atoms with Gasteiger partial charge in [0, 0.05) is 19.4 Å². The second-order valence-electron chi connectivity index (χ2n) is 9.26. The molecule has 3 aliphatic rings. The molecule has 0 amide bonds. The third-order valence-electron chi connectivity index (χ3n) is 6.78. The normalized spacial score (nSPS) is 35.5. The minimum atomic E-state index is -0.335. The Morgan fingerprint density at radius 2 is 1.79 bits per heavy atom. The van der Waals surface area contributed by atoms with E-state index >= 15 is 0 Å². The summed E-state index contributed by atoms with van der Waals surface area (Å²) in [7, 11) is 0. The molecule has 5 heteroatoms. The summed E-state index contributed by atoms with van der Waals surface area (Å²) in [5.74, 6) is -0.399. The predicted molar refractivity (Wildman–Crippen MR) is 111 cm³/mol. The molecule has 3 rings (SSSR count). The minimum Gasteiger partial charge on any atom is -0.461 e. The lowest BCUT2D eigenvalue weighted by molar-refractivity contribution is -0.141. The molecule has 0 unspecified atom stereocenters. The second kappa shape index (κ2) is 8.47. The summed E-state index contributed by atoms with van der Waals surface area (Å²) in [4.78, 5) is 22.8.